The van der Waals surface area contributed by atoms with Crippen LogP contribution in [0.1, 0.15) is 32.6 Å². The van der Waals surface area contributed by atoms with Gasteiger partial charge in [-0.15, -0.1) is 0 Å². The topological polar surface area (TPSA) is 20.3 Å². The molecule has 1 fully saturated rings. The first-order valence-corrected chi connectivity index (χ1v) is 5.19. The lowest BCUT2D eigenvalue weighted by atomic mass is 9.98. The van der Waals surface area contributed by atoms with Crippen molar-refractivity contribution in [3.05, 3.63) is 12.7 Å². The lowest BCUT2D eigenvalue weighted by molar-refractivity contribution is -0.125. The van der Waals surface area contributed by atoms with E-state index in [1.165, 1.54) is 18.9 Å². The zero-order valence-electron chi connectivity index (χ0n) is 8.46. The first-order chi connectivity index (χ1) is 6.27. The van der Waals surface area contributed by atoms with Crippen molar-refractivity contribution in [3.8, 4) is 0 Å². The van der Waals surface area contributed by atoms with Crippen molar-refractivity contribution in [2.45, 2.75) is 32.6 Å². The van der Waals surface area contributed by atoms with Gasteiger partial charge in [0.25, 0.3) is 0 Å². The van der Waals surface area contributed by atoms with Crippen LogP contribution in [0.3, 0.4) is 0 Å². The Morgan fingerprint density at radius 2 is 2.31 bits per heavy atom. The van der Waals surface area contributed by atoms with Crippen LogP contribution in [-0.2, 0) is 4.79 Å². The van der Waals surface area contributed by atoms with Crippen LogP contribution in [0.5, 0.6) is 0 Å². The summed E-state index contributed by atoms with van der Waals surface area (Å²) >= 11 is 0. The summed E-state index contributed by atoms with van der Waals surface area (Å²) in [4.78, 5) is 13.2. The molecule has 1 amide bonds. The van der Waals surface area contributed by atoms with Gasteiger partial charge in [0.05, 0.1) is 0 Å². The standard InChI is InChI=1S/C11H19NO/c1-3-10-6-5-8-12(9-7-10)11(13)4-2/h4,10H,2-3,5-9H2,1H3/t10-/m0/s1. The van der Waals surface area contributed by atoms with Crippen LogP contribution in [0.2, 0.25) is 0 Å². The zero-order valence-corrected chi connectivity index (χ0v) is 8.46. The third-order valence-electron chi connectivity index (χ3n) is 2.91. The van der Waals surface area contributed by atoms with Gasteiger partial charge in [-0.2, -0.15) is 0 Å². The minimum absolute atomic E-state index is 0.0942. The average molecular weight is 181 g/mol. The van der Waals surface area contributed by atoms with Gasteiger partial charge in [0, 0.05) is 13.1 Å². The Hall–Kier alpha value is -0.790. The van der Waals surface area contributed by atoms with Gasteiger partial charge in [0.15, 0.2) is 0 Å². The summed E-state index contributed by atoms with van der Waals surface area (Å²) < 4.78 is 0. The molecule has 0 N–H and O–H groups in total. The molecule has 1 aliphatic rings. The van der Waals surface area contributed by atoms with E-state index in [-0.39, 0.29) is 5.91 Å². The first kappa shape index (κ1) is 10.3. The Balaban J connectivity index is 2.44. The van der Waals surface area contributed by atoms with Crippen LogP contribution >= 0.6 is 0 Å². The van der Waals surface area contributed by atoms with E-state index < -0.39 is 0 Å². The minimum Gasteiger partial charge on any atom is -0.339 e. The van der Waals surface area contributed by atoms with Crippen molar-refractivity contribution in [2.24, 2.45) is 5.92 Å². The molecule has 0 aromatic carbocycles. The van der Waals surface area contributed by atoms with Gasteiger partial charge in [-0.25, -0.2) is 0 Å². The third kappa shape index (κ3) is 2.87. The van der Waals surface area contributed by atoms with Crippen molar-refractivity contribution in [2.75, 3.05) is 13.1 Å². The van der Waals surface area contributed by atoms with Crippen LogP contribution in [0.25, 0.3) is 0 Å². The molecule has 2 nitrogen and oxygen atoms in total. The molecule has 1 saturated heterocycles. The predicted molar refractivity (Wildman–Crippen MR) is 54.4 cm³/mol. The summed E-state index contributed by atoms with van der Waals surface area (Å²) in [6.07, 6.45) is 6.26. The van der Waals surface area contributed by atoms with Gasteiger partial charge in [-0.3, -0.25) is 4.79 Å². The first-order valence-electron chi connectivity index (χ1n) is 5.19. The highest BCUT2D eigenvalue weighted by Gasteiger charge is 2.17. The highest BCUT2D eigenvalue weighted by molar-refractivity contribution is 5.86. The molecule has 0 radical (unpaired) electrons. The van der Waals surface area contributed by atoms with Crippen molar-refractivity contribution < 1.29 is 4.79 Å². The second-order valence-corrected chi connectivity index (χ2v) is 3.73. The monoisotopic (exact) mass is 181 g/mol. The molecule has 0 aliphatic carbocycles. The Bertz CT molecular complexity index is 189. The second kappa shape index (κ2) is 5.05. The maximum atomic E-state index is 11.3. The van der Waals surface area contributed by atoms with Gasteiger partial charge in [0.2, 0.25) is 5.91 Å². The average Bonchev–Trinajstić information content (AvgIpc) is 2.41. The molecule has 1 heterocycles. The molecule has 1 atom stereocenters. The molecule has 0 aromatic heterocycles. The lowest BCUT2D eigenvalue weighted by Gasteiger charge is -2.18. The van der Waals surface area contributed by atoms with Crippen LogP contribution < -0.4 is 0 Å². The molecule has 1 rings (SSSR count). The van der Waals surface area contributed by atoms with E-state index in [9.17, 15) is 4.79 Å². The summed E-state index contributed by atoms with van der Waals surface area (Å²) in [6.45, 7) is 7.58. The van der Waals surface area contributed by atoms with Crippen LogP contribution in [0.15, 0.2) is 12.7 Å². The quantitative estimate of drug-likeness (QED) is 0.598. The van der Waals surface area contributed by atoms with E-state index in [0.29, 0.717) is 0 Å². The van der Waals surface area contributed by atoms with E-state index >= 15 is 0 Å². The fourth-order valence-corrected chi connectivity index (χ4v) is 1.92. The second-order valence-electron chi connectivity index (χ2n) is 3.73. The largest absolute Gasteiger partial charge is 0.339 e. The fourth-order valence-electron chi connectivity index (χ4n) is 1.92. The highest BCUT2D eigenvalue weighted by atomic mass is 16.2. The third-order valence-corrected chi connectivity index (χ3v) is 2.91. The molecular formula is C11H19NO. The van der Waals surface area contributed by atoms with Gasteiger partial charge in [0.1, 0.15) is 0 Å². The summed E-state index contributed by atoms with van der Waals surface area (Å²) in [5.41, 5.74) is 0. The smallest absolute Gasteiger partial charge is 0.245 e. The summed E-state index contributed by atoms with van der Waals surface area (Å²) in [7, 11) is 0. The molecule has 0 aromatic rings. The van der Waals surface area contributed by atoms with E-state index in [0.717, 1.165) is 31.8 Å². The number of hydrogen-bond acceptors (Lipinski definition) is 1. The Kier molecular flexibility index (Phi) is 4.00. The van der Waals surface area contributed by atoms with Crippen LogP contribution in [-0.4, -0.2) is 23.9 Å². The molecule has 2 heteroatoms. The van der Waals surface area contributed by atoms with Crippen molar-refractivity contribution in [1.82, 2.24) is 4.90 Å². The Labute approximate surface area is 80.6 Å². The van der Waals surface area contributed by atoms with Crippen molar-refractivity contribution in [3.63, 3.8) is 0 Å². The lowest BCUT2D eigenvalue weighted by Crippen LogP contribution is -2.30. The van der Waals surface area contributed by atoms with Crippen molar-refractivity contribution >= 4 is 5.91 Å². The van der Waals surface area contributed by atoms with Gasteiger partial charge >= 0.3 is 0 Å². The maximum absolute atomic E-state index is 11.3. The Morgan fingerprint density at radius 3 is 2.92 bits per heavy atom. The SMILES string of the molecule is C=CC(=O)N1CCC[C@H](CC)CC1. The molecule has 1 aliphatic heterocycles. The highest BCUT2D eigenvalue weighted by Crippen LogP contribution is 2.20. The number of nitrogens with zero attached hydrogens (tertiary/aromatic N) is 1. The number of likely N-dealkylation sites (tertiary alicyclic amines) is 1. The number of amides is 1. The summed E-state index contributed by atoms with van der Waals surface area (Å²) in [5, 5.41) is 0. The van der Waals surface area contributed by atoms with Gasteiger partial charge in [-0.1, -0.05) is 19.9 Å². The number of rotatable bonds is 2. The van der Waals surface area contributed by atoms with E-state index in [4.69, 9.17) is 0 Å². The molecule has 74 valence electrons. The Morgan fingerprint density at radius 1 is 1.54 bits per heavy atom. The van der Waals surface area contributed by atoms with Crippen LogP contribution in [0.4, 0.5) is 0 Å². The normalized spacial score (nSPS) is 23.8. The minimum atomic E-state index is 0.0942. The van der Waals surface area contributed by atoms with Crippen LogP contribution in [0, 0.1) is 5.92 Å². The van der Waals surface area contributed by atoms with Gasteiger partial charge < -0.3 is 4.90 Å². The molecule has 0 unspecified atom stereocenters. The van der Waals surface area contributed by atoms with Gasteiger partial charge in [-0.05, 0) is 31.3 Å². The molecular weight excluding hydrogens is 162 g/mol. The molecule has 13 heavy (non-hydrogen) atoms. The fraction of sp³-hybridized carbons (Fsp3) is 0.727. The molecule has 0 bridgehead atoms. The summed E-state index contributed by atoms with van der Waals surface area (Å²) in [6, 6.07) is 0. The van der Waals surface area contributed by atoms with E-state index in [1.807, 2.05) is 4.90 Å². The number of hydrogen-bond donors (Lipinski definition) is 0. The van der Waals surface area contributed by atoms with Crippen molar-refractivity contribution in [1.29, 1.82) is 0 Å². The number of carbonyl (C=O) groups is 1. The zero-order chi connectivity index (χ0) is 9.68. The maximum Gasteiger partial charge on any atom is 0.245 e. The number of carbonyl (C=O) groups excluding carboxylic acids is 1. The van der Waals surface area contributed by atoms with E-state index in [1.54, 1.807) is 0 Å². The van der Waals surface area contributed by atoms with E-state index in [2.05, 4.69) is 13.5 Å². The summed E-state index contributed by atoms with van der Waals surface area (Å²) in [5.74, 6) is 0.916. The molecule has 0 saturated carbocycles. The molecule has 0 spiro atoms. The predicted octanol–water partition coefficient (Wildman–Crippen LogP) is 2.21.